The fourth-order valence-corrected chi connectivity index (χ4v) is 2.84. The zero-order valence-corrected chi connectivity index (χ0v) is 13.1. The number of hydrogen-bond donors (Lipinski definition) is 0. The third kappa shape index (κ3) is 4.89. The van der Waals surface area contributed by atoms with Gasteiger partial charge in [-0.05, 0) is 18.7 Å². The number of rotatable bonds is 7. The maximum atomic E-state index is 2.61. The molecule has 1 aliphatic heterocycles. The van der Waals surface area contributed by atoms with Crippen molar-refractivity contribution in [3.63, 3.8) is 0 Å². The lowest BCUT2D eigenvalue weighted by molar-refractivity contribution is 0.116. The van der Waals surface area contributed by atoms with Crippen LogP contribution in [-0.4, -0.2) is 67.1 Å². The molecule has 0 spiro atoms. The smallest absolute Gasteiger partial charge is 0.0234 e. The second-order valence-corrected chi connectivity index (χ2v) is 5.63. The first kappa shape index (κ1) is 15.5. The number of nitrogens with zero attached hydrogens (tertiary/aromatic N) is 3. The van der Waals surface area contributed by atoms with E-state index in [2.05, 4.69) is 58.9 Å². The Morgan fingerprint density at radius 2 is 1.50 bits per heavy atom. The minimum atomic E-state index is 1.10. The Hall–Kier alpha value is -0.900. The van der Waals surface area contributed by atoms with Crippen LogP contribution in [0.25, 0.3) is 0 Å². The average molecular weight is 275 g/mol. The molecule has 0 amide bonds. The van der Waals surface area contributed by atoms with Crippen LogP contribution < -0.4 is 0 Å². The highest BCUT2D eigenvalue weighted by molar-refractivity contribution is 5.14. The lowest BCUT2D eigenvalue weighted by atomic mass is 10.2. The van der Waals surface area contributed by atoms with Gasteiger partial charge >= 0.3 is 0 Å². The molecule has 3 heteroatoms. The van der Waals surface area contributed by atoms with E-state index in [0.717, 1.165) is 6.54 Å². The highest BCUT2D eigenvalue weighted by atomic mass is 15.3. The van der Waals surface area contributed by atoms with E-state index in [0.29, 0.717) is 0 Å². The van der Waals surface area contributed by atoms with E-state index in [1.54, 1.807) is 0 Å². The first-order valence-electron chi connectivity index (χ1n) is 8.02. The van der Waals surface area contributed by atoms with Crippen LogP contribution >= 0.6 is 0 Å². The van der Waals surface area contributed by atoms with Crippen molar-refractivity contribution in [3.8, 4) is 0 Å². The number of piperazine rings is 1. The van der Waals surface area contributed by atoms with Crippen LogP contribution in [0.3, 0.4) is 0 Å². The van der Waals surface area contributed by atoms with Gasteiger partial charge in [0.1, 0.15) is 0 Å². The van der Waals surface area contributed by atoms with E-state index < -0.39 is 0 Å². The third-order valence-corrected chi connectivity index (χ3v) is 4.34. The SMILES string of the molecule is CCN(CC)CCN1CCN(Cc2ccccc2)CC1. The molecule has 0 aromatic heterocycles. The number of hydrogen-bond acceptors (Lipinski definition) is 3. The second-order valence-electron chi connectivity index (χ2n) is 5.63. The molecule has 1 heterocycles. The van der Waals surface area contributed by atoms with Gasteiger partial charge in [0.15, 0.2) is 0 Å². The van der Waals surface area contributed by atoms with Crippen LogP contribution in [0.1, 0.15) is 19.4 Å². The summed E-state index contributed by atoms with van der Waals surface area (Å²) in [5.74, 6) is 0. The van der Waals surface area contributed by atoms with Crippen LogP contribution in [0.2, 0.25) is 0 Å². The summed E-state index contributed by atoms with van der Waals surface area (Å²) in [6.45, 7) is 15.2. The average Bonchev–Trinajstić information content (AvgIpc) is 2.51. The Morgan fingerprint density at radius 1 is 0.900 bits per heavy atom. The van der Waals surface area contributed by atoms with Crippen LogP contribution in [0, 0.1) is 0 Å². The molecule has 1 aromatic rings. The Bertz CT molecular complexity index is 354. The van der Waals surface area contributed by atoms with Gasteiger partial charge < -0.3 is 4.90 Å². The van der Waals surface area contributed by atoms with Gasteiger partial charge in [-0.1, -0.05) is 44.2 Å². The zero-order valence-electron chi connectivity index (χ0n) is 13.1. The predicted octanol–water partition coefficient (Wildman–Crippen LogP) is 2.15. The summed E-state index contributed by atoms with van der Waals surface area (Å²) < 4.78 is 0. The summed E-state index contributed by atoms with van der Waals surface area (Å²) in [5, 5.41) is 0. The van der Waals surface area contributed by atoms with Crippen molar-refractivity contribution >= 4 is 0 Å². The topological polar surface area (TPSA) is 9.72 Å². The Balaban J connectivity index is 1.67. The molecule has 0 saturated carbocycles. The minimum absolute atomic E-state index is 1.10. The van der Waals surface area contributed by atoms with Crippen LogP contribution in [-0.2, 0) is 6.54 Å². The molecule has 0 bridgehead atoms. The van der Waals surface area contributed by atoms with E-state index >= 15 is 0 Å². The van der Waals surface area contributed by atoms with Crippen molar-refractivity contribution in [2.75, 3.05) is 52.4 Å². The molecular weight excluding hydrogens is 246 g/mol. The van der Waals surface area contributed by atoms with Gasteiger partial charge in [-0.2, -0.15) is 0 Å². The van der Waals surface area contributed by atoms with E-state index in [1.165, 1.54) is 57.9 Å². The molecule has 1 aromatic carbocycles. The van der Waals surface area contributed by atoms with Gasteiger partial charge in [0.25, 0.3) is 0 Å². The lowest BCUT2D eigenvalue weighted by Gasteiger charge is -2.35. The highest BCUT2D eigenvalue weighted by Crippen LogP contribution is 2.08. The summed E-state index contributed by atoms with van der Waals surface area (Å²) in [5.41, 5.74) is 1.43. The fraction of sp³-hybridized carbons (Fsp3) is 0.647. The third-order valence-electron chi connectivity index (χ3n) is 4.34. The van der Waals surface area contributed by atoms with Gasteiger partial charge in [0.05, 0.1) is 0 Å². The summed E-state index contributed by atoms with van der Waals surface area (Å²) >= 11 is 0. The minimum Gasteiger partial charge on any atom is -0.303 e. The van der Waals surface area contributed by atoms with E-state index in [4.69, 9.17) is 0 Å². The molecule has 3 nitrogen and oxygen atoms in total. The molecule has 112 valence electrons. The van der Waals surface area contributed by atoms with Crippen LogP contribution in [0.5, 0.6) is 0 Å². The first-order valence-corrected chi connectivity index (χ1v) is 8.02. The zero-order chi connectivity index (χ0) is 14.2. The summed E-state index contributed by atoms with van der Waals surface area (Å²) in [4.78, 5) is 7.69. The Kier molecular flexibility index (Phi) is 6.51. The summed E-state index contributed by atoms with van der Waals surface area (Å²) in [6, 6.07) is 10.8. The van der Waals surface area contributed by atoms with Gasteiger partial charge in [0, 0.05) is 45.8 Å². The molecule has 2 rings (SSSR count). The molecule has 1 aliphatic rings. The van der Waals surface area contributed by atoms with Crippen molar-refractivity contribution in [2.45, 2.75) is 20.4 Å². The second kappa shape index (κ2) is 8.40. The van der Waals surface area contributed by atoms with Crippen LogP contribution in [0.15, 0.2) is 30.3 Å². The molecular formula is C17H29N3. The molecule has 20 heavy (non-hydrogen) atoms. The Morgan fingerprint density at radius 3 is 2.10 bits per heavy atom. The first-order chi connectivity index (χ1) is 9.81. The maximum Gasteiger partial charge on any atom is 0.0234 e. The van der Waals surface area contributed by atoms with E-state index in [-0.39, 0.29) is 0 Å². The largest absolute Gasteiger partial charge is 0.303 e. The van der Waals surface area contributed by atoms with Gasteiger partial charge in [-0.3, -0.25) is 9.80 Å². The van der Waals surface area contributed by atoms with E-state index in [1.807, 2.05) is 0 Å². The quantitative estimate of drug-likeness (QED) is 0.755. The lowest BCUT2D eigenvalue weighted by Crippen LogP contribution is -2.48. The van der Waals surface area contributed by atoms with E-state index in [9.17, 15) is 0 Å². The normalized spacial score (nSPS) is 17.8. The van der Waals surface area contributed by atoms with Crippen molar-refractivity contribution in [3.05, 3.63) is 35.9 Å². The molecule has 0 radical (unpaired) electrons. The maximum absolute atomic E-state index is 2.61. The number of benzene rings is 1. The summed E-state index contributed by atoms with van der Waals surface area (Å²) in [7, 11) is 0. The van der Waals surface area contributed by atoms with Crippen molar-refractivity contribution < 1.29 is 0 Å². The van der Waals surface area contributed by atoms with Crippen molar-refractivity contribution in [1.82, 2.24) is 14.7 Å². The highest BCUT2D eigenvalue weighted by Gasteiger charge is 2.16. The fourth-order valence-electron chi connectivity index (χ4n) is 2.84. The molecule has 0 unspecified atom stereocenters. The Labute approximate surface area is 124 Å². The monoisotopic (exact) mass is 275 g/mol. The predicted molar refractivity (Wildman–Crippen MR) is 85.9 cm³/mol. The van der Waals surface area contributed by atoms with Crippen molar-refractivity contribution in [1.29, 1.82) is 0 Å². The molecule has 0 atom stereocenters. The molecule has 1 saturated heterocycles. The standard InChI is InChI=1S/C17H29N3/c1-3-18(4-2)10-11-19-12-14-20(15-13-19)16-17-8-6-5-7-9-17/h5-9H,3-4,10-16H2,1-2H3. The van der Waals surface area contributed by atoms with Gasteiger partial charge in [-0.25, -0.2) is 0 Å². The molecule has 1 fully saturated rings. The molecule has 0 N–H and O–H groups in total. The van der Waals surface area contributed by atoms with Gasteiger partial charge in [0.2, 0.25) is 0 Å². The molecule has 0 aliphatic carbocycles. The van der Waals surface area contributed by atoms with Crippen LogP contribution in [0.4, 0.5) is 0 Å². The number of likely N-dealkylation sites (N-methyl/N-ethyl adjacent to an activating group) is 1. The van der Waals surface area contributed by atoms with Gasteiger partial charge in [-0.15, -0.1) is 0 Å². The van der Waals surface area contributed by atoms with Crippen molar-refractivity contribution in [2.24, 2.45) is 0 Å². The summed E-state index contributed by atoms with van der Waals surface area (Å²) in [6.07, 6.45) is 0.